The summed E-state index contributed by atoms with van der Waals surface area (Å²) < 4.78 is 24.7. The van der Waals surface area contributed by atoms with Gasteiger partial charge in [0.15, 0.2) is 0 Å². The second kappa shape index (κ2) is 4.08. The smallest absolute Gasteiger partial charge is 0.235 e. The van der Waals surface area contributed by atoms with Gasteiger partial charge < -0.3 is 5.73 Å². The molecule has 0 bridgehead atoms. The van der Waals surface area contributed by atoms with E-state index in [1.54, 1.807) is 24.3 Å². The van der Waals surface area contributed by atoms with Crippen molar-refractivity contribution in [3.8, 4) is 0 Å². The Labute approximate surface area is 102 Å². The lowest BCUT2D eigenvalue weighted by Gasteiger charge is -2.05. The van der Waals surface area contributed by atoms with Crippen LogP contribution in [0.15, 0.2) is 28.6 Å². The summed E-state index contributed by atoms with van der Waals surface area (Å²) in [6.07, 6.45) is 0. The van der Waals surface area contributed by atoms with Crippen LogP contribution in [-0.4, -0.2) is 24.6 Å². The molecule has 1 aromatic carbocycles. The summed E-state index contributed by atoms with van der Waals surface area (Å²) in [7, 11) is -3.77. The van der Waals surface area contributed by atoms with Crippen LogP contribution in [0.3, 0.4) is 0 Å². The molecule has 0 saturated heterocycles. The Balaban J connectivity index is 2.57. The topological polar surface area (TPSA) is 90.1 Å². The number of nitrogens with two attached hydrogens (primary N) is 1. The van der Waals surface area contributed by atoms with Gasteiger partial charge in [-0.1, -0.05) is 12.1 Å². The summed E-state index contributed by atoms with van der Waals surface area (Å²) in [5, 5.41) is -1.26. The Morgan fingerprint density at radius 3 is 2.65 bits per heavy atom. The van der Waals surface area contributed by atoms with E-state index in [0.717, 1.165) is 16.0 Å². The third-order valence-corrected chi connectivity index (χ3v) is 5.90. The maximum Gasteiger partial charge on any atom is 0.235 e. The van der Waals surface area contributed by atoms with Gasteiger partial charge in [-0.15, -0.1) is 11.3 Å². The van der Waals surface area contributed by atoms with Gasteiger partial charge in [0, 0.05) is 0 Å². The quantitative estimate of drug-likeness (QED) is 0.898. The van der Waals surface area contributed by atoms with E-state index in [2.05, 4.69) is 4.98 Å². The molecule has 1 atom stereocenters. The fourth-order valence-electron chi connectivity index (χ4n) is 1.28. The van der Waals surface area contributed by atoms with Crippen molar-refractivity contribution in [3.63, 3.8) is 0 Å². The number of amides is 1. The molecule has 2 aromatic rings. The zero-order valence-electron chi connectivity index (χ0n) is 8.95. The molecule has 1 aromatic heterocycles. The Morgan fingerprint density at radius 2 is 2.06 bits per heavy atom. The third kappa shape index (κ3) is 2.03. The van der Waals surface area contributed by atoms with Crippen LogP contribution in [0, 0.1) is 0 Å². The van der Waals surface area contributed by atoms with E-state index in [-0.39, 0.29) is 4.34 Å². The van der Waals surface area contributed by atoms with E-state index < -0.39 is 21.0 Å². The van der Waals surface area contributed by atoms with Gasteiger partial charge in [-0.3, -0.25) is 4.79 Å². The molecule has 0 unspecified atom stereocenters. The van der Waals surface area contributed by atoms with E-state index in [1.807, 2.05) is 0 Å². The van der Waals surface area contributed by atoms with Crippen LogP contribution in [0.5, 0.6) is 0 Å². The zero-order chi connectivity index (χ0) is 12.6. The van der Waals surface area contributed by atoms with Crippen molar-refractivity contribution in [2.45, 2.75) is 16.5 Å². The van der Waals surface area contributed by atoms with E-state index in [9.17, 15) is 13.2 Å². The summed E-state index contributed by atoms with van der Waals surface area (Å²) in [4.78, 5) is 15.0. The number of thiazole rings is 1. The highest BCUT2D eigenvalue weighted by Gasteiger charge is 2.30. The number of hydrogen-bond acceptors (Lipinski definition) is 5. The van der Waals surface area contributed by atoms with Crippen LogP contribution in [0.25, 0.3) is 10.2 Å². The number of rotatable bonds is 3. The highest BCUT2D eigenvalue weighted by molar-refractivity contribution is 7.94. The Hall–Kier alpha value is -1.47. The maximum atomic E-state index is 12.0. The predicted octanol–water partition coefficient (Wildman–Crippen LogP) is 0.944. The van der Waals surface area contributed by atoms with Crippen LogP contribution in [0.4, 0.5) is 0 Å². The molecule has 0 spiro atoms. The van der Waals surface area contributed by atoms with E-state index in [0.29, 0.717) is 5.52 Å². The highest BCUT2D eigenvalue weighted by atomic mass is 32.2. The van der Waals surface area contributed by atoms with Crippen LogP contribution in [0.1, 0.15) is 6.92 Å². The molecule has 0 aliphatic carbocycles. The number of carbonyl (C=O) groups is 1. The first kappa shape index (κ1) is 12.0. The predicted molar refractivity (Wildman–Crippen MR) is 65.5 cm³/mol. The number of aromatic nitrogens is 1. The van der Waals surface area contributed by atoms with Crippen LogP contribution in [-0.2, 0) is 14.6 Å². The average Bonchev–Trinajstić information content (AvgIpc) is 2.71. The average molecular weight is 270 g/mol. The summed E-state index contributed by atoms with van der Waals surface area (Å²) in [5.41, 5.74) is 5.62. The van der Waals surface area contributed by atoms with Crippen LogP contribution < -0.4 is 5.73 Å². The Kier molecular flexibility index (Phi) is 2.88. The highest BCUT2D eigenvalue weighted by Crippen LogP contribution is 2.27. The first-order chi connectivity index (χ1) is 7.93. The lowest BCUT2D eigenvalue weighted by atomic mass is 10.3. The molecule has 0 aliphatic rings. The number of hydrogen-bond donors (Lipinski definition) is 1. The fraction of sp³-hybridized carbons (Fsp3) is 0.200. The number of primary amides is 1. The molecule has 0 saturated carbocycles. The number of nitrogens with zero attached hydrogens (tertiary/aromatic N) is 1. The number of fused-ring (bicyclic) bond motifs is 1. The Morgan fingerprint density at radius 1 is 1.41 bits per heavy atom. The summed E-state index contributed by atoms with van der Waals surface area (Å²) in [5.74, 6) is -0.871. The van der Waals surface area contributed by atoms with Crippen LogP contribution in [0.2, 0.25) is 0 Å². The third-order valence-electron chi connectivity index (χ3n) is 2.38. The van der Waals surface area contributed by atoms with E-state index >= 15 is 0 Å². The van der Waals surface area contributed by atoms with Crippen molar-refractivity contribution >= 4 is 37.3 Å². The van der Waals surface area contributed by atoms with Gasteiger partial charge in [0.05, 0.1) is 10.2 Å². The number of para-hydroxylation sites is 1. The fourth-order valence-corrected chi connectivity index (χ4v) is 3.97. The van der Waals surface area contributed by atoms with Crippen molar-refractivity contribution in [2.75, 3.05) is 0 Å². The molecule has 2 rings (SSSR count). The van der Waals surface area contributed by atoms with Gasteiger partial charge in [-0.05, 0) is 19.1 Å². The first-order valence-electron chi connectivity index (χ1n) is 4.81. The molecule has 5 nitrogen and oxygen atoms in total. The van der Waals surface area contributed by atoms with Gasteiger partial charge in [0.25, 0.3) is 0 Å². The van der Waals surface area contributed by atoms with Crippen molar-refractivity contribution in [1.29, 1.82) is 0 Å². The number of sulfone groups is 1. The van der Waals surface area contributed by atoms with E-state index in [4.69, 9.17) is 5.73 Å². The van der Waals surface area contributed by atoms with Crippen molar-refractivity contribution < 1.29 is 13.2 Å². The molecule has 0 fully saturated rings. The largest absolute Gasteiger partial charge is 0.369 e. The van der Waals surface area contributed by atoms with Crippen LogP contribution >= 0.6 is 11.3 Å². The second-order valence-electron chi connectivity index (χ2n) is 3.54. The van der Waals surface area contributed by atoms with Crippen molar-refractivity contribution in [2.24, 2.45) is 5.73 Å². The summed E-state index contributed by atoms with van der Waals surface area (Å²) in [6.45, 7) is 1.27. The normalized spacial score (nSPS) is 13.7. The lowest BCUT2D eigenvalue weighted by Crippen LogP contribution is -2.33. The zero-order valence-corrected chi connectivity index (χ0v) is 10.6. The monoisotopic (exact) mass is 270 g/mol. The van der Waals surface area contributed by atoms with Crippen molar-refractivity contribution in [1.82, 2.24) is 4.98 Å². The maximum absolute atomic E-state index is 12.0. The summed E-state index contributed by atoms with van der Waals surface area (Å²) >= 11 is 1.04. The molecule has 0 radical (unpaired) electrons. The second-order valence-corrected chi connectivity index (χ2v) is 7.01. The van der Waals surface area contributed by atoms with Crippen molar-refractivity contribution in [3.05, 3.63) is 24.3 Å². The molecule has 1 amide bonds. The van der Waals surface area contributed by atoms with Gasteiger partial charge in [-0.2, -0.15) is 0 Å². The molecular weight excluding hydrogens is 260 g/mol. The molecule has 2 N–H and O–H groups in total. The SMILES string of the molecule is C[C@H](C(N)=O)S(=O)(=O)c1nc2ccccc2s1. The van der Waals surface area contributed by atoms with Gasteiger partial charge >= 0.3 is 0 Å². The molecule has 1 heterocycles. The molecule has 90 valence electrons. The first-order valence-corrected chi connectivity index (χ1v) is 7.18. The van der Waals surface area contributed by atoms with Gasteiger partial charge in [-0.25, -0.2) is 13.4 Å². The molecular formula is C10H10N2O3S2. The van der Waals surface area contributed by atoms with Gasteiger partial charge in [0.2, 0.25) is 20.1 Å². The van der Waals surface area contributed by atoms with E-state index in [1.165, 1.54) is 6.92 Å². The lowest BCUT2D eigenvalue weighted by molar-refractivity contribution is -0.117. The minimum absolute atomic E-state index is 0.0648. The standard InChI is InChI=1S/C10H10N2O3S2/c1-6(9(11)13)17(14,15)10-12-7-4-2-3-5-8(7)16-10/h2-6H,1H3,(H2,11,13)/t6-/m1/s1. The molecule has 7 heteroatoms. The van der Waals surface area contributed by atoms with Gasteiger partial charge in [0.1, 0.15) is 5.25 Å². The summed E-state index contributed by atoms with van der Waals surface area (Å²) in [6, 6.07) is 7.07. The number of benzene rings is 1. The molecule has 0 aliphatic heterocycles. The Bertz CT molecular complexity index is 643. The molecule has 17 heavy (non-hydrogen) atoms. The minimum Gasteiger partial charge on any atom is -0.369 e. The number of carbonyl (C=O) groups excluding carboxylic acids is 1. The minimum atomic E-state index is -3.77.